The molecule has 0 saturated carbocycles. The van der Waals surface area contributed by atoms with E-state index < -0.39 is 0 Å². The molecule has 0 aromatic rings. The van der Waals surface area contributed by atoms with Gasteiger partial charge >= 0.3 is 0 Å². The zero-order valence-corrected chi connectivity index (χ0v) is 10.8. The molecule has 1 aliphatic rings. The largest absolute Gasteiger partial charge is 0.491 e. The second kappa shape index (κ2) is 5.35. The smallest absolute Gasteiger partial charge is 0.120 e. The van der Waals surface area contributed by atoms with Crippen molar-refractivity contribution < 1.29 is 9.47 Å². The van der Waals surface area contributed by atoms with Gasteiger partial charge in [-0.15, -0.1) is 0 Å². The number of rotatable bonds is 3. The van der Waals surface area contributed by atoms with Crippen LogP contribution in [0.2, 0.25) is 0 Å². The summed E-state index contributed by atoms with van der Waals surface area (Å²) < 4.78 is 11.5. The lowest BCUT2D eigenvalue weighted by Gasteiger charge is -2.21. The molecule has 2 heteroatoms. The Bertz CT molecular complexity index is 322. The first-order valence-electron chi connectivity index (χ1n) is 5.78. The maximum absolute atomic E-state index is 5.80. The molecule has 1 rings (SSSR count). The summed E-state index contributed by atoms with van der Waals surface area (Å²) in [4.78, 5) is 0. The Morgan fingerprint density at radius 1 is 1.50 bits per heavy atom. The third-order valence-electron chi connectivity index (χ3n) is 2.66. The van der Waals surface area contributed by atoms with Gasteiger partial charge < -0.3 is 9.47 Å². The predicted octanol–water partition coefficient (Wildman–Crippen LogP) is 3.61. The van der Waals surface area contributed by atoms with Crippen molar-refractivity contribution in [1.29, 1.82) is 0 Å². The lowest BCUT2D eigenvalue weighted by molar-refractivity contribution is -0.0375. The van der Waals surface area contributed by atoms with Crippen molar-refractivity contribution in [3.8, 4) is 0 Å². The summed E-state index contributed by atoms with van der Waals surface area (Å²) in [6, 6.07) is 0. The van der Waals surface area contributed by atoms with Crippen molar-refractivity contribution in [3.63, 3.8) is 0 Å². The van der Waals surface area contributed by atoms with Crippen molar-refractivity contribution in [2.45, 2.75) is 39.7 Å². The van der Waals surface area contributed by atoms with Gasteiger partial charge in [0.05, 0.1) is 12.2 Å². The van der Waals surface area contributed by atoms with E-state index in [1.54, 1.807) is 0 Å². The van der Waals surface area contributed by atoms with E-state index in [2.05, 4.69) is 19.6 Å². The number of ether oxygens (including phenoxy) is 2. The van der Waals surface area contributed by atoms with Crippen LogP contribution in [0, 0.1) is 0 Å². The first kappa shape index (κ1) is 13.0. The van der Waals surface area contributed by atoms with Gasteiger partial charge in [0, 0.05) is 0 Å². The minimum Gasteiger partial charge on any atom is -0.491 e. The molecule has 0 atom stereocenters. The second-order valence-electron chi connectivity index (χ2n) is 4.76. The molecule has 0 amide bonds. The van der Waals surface area contributed by atoms with E-state index in [4.69, 9.17) is 9.47 Å². The third-order valence-corrected chi connectivity index (χ3v) is 2.66. The quantitative estimate of drug-likeness (QED) is 0.679. The van der Waals surface area contributed by atoms with Crippen LogP contribution in [0.15, 0.2) is 35.6 Å². The van der Waals surface area contributed by atoms with Crippen LogP contribution >= 0.6 is 0 Å². The molecule has 16 heavy (non-hydrogen) atoms. The number of hydrogen-bond donors (Lipinski definition) is 0. The Morgan fingerprint density at radius 2 is 2.19 bits per heavy atom. The van der Waals surface area contributed by atoms with Gasteiger partial charge in [-0.1, -0.05) is 19.6 Å². The van der Waals surface area contributed by atoms with Crippen molar-refractivity contribution in [3.05, 3.63) is 35.6 Å². The highest BCUT2D eigenvalue weighted by Gasteiger charge is 2.23. The lowest BCUT2D eigenvalue weighted by Crippen LogP contribution is -2.29. The summed E-state index contributed by atoms with van der Waals surface area (Å²) >= 11 is 0. The number of allylic oxidation sites excluding steroid dienone is 3. The van der Waals surface area contributed by atoms with E-state index in [1.165, 1.54) is 5.57 Å². The molecule has 0 N–H and O–H groups in total. The van der Waals surface area contributed by atoms with Gasteiger partial charge in [-0.05, 0) is 44.4 Å². The van der Waals surface area contributed by atoms with Crippen LogP contribution in [0.3, 0.4) is 0 Å². The molecule has 1 heterocycles. The first-order valence-corrected chi connectivity index (χ1v) is 5.78. The molecule has 0 saturated heterocycles. The Balaban J connectivity index is 2.87. The molecule has 0 aromatic carbocycles. The summed E-state index contributed by atoms with van der Waals surface area (Å²) in [5.41, 5.74) is 2.12. The Morgan fingerprint density at radius 3 is 2.75 bits per heavy atom. The maximum Gasteiger partial charge on any atom is 0.120 e. The van der Waals surface area contributed by atoms with Crippen LogP contribution in [-0.2, 0) is 9.47 Å². The fourth-order valence-electron chi connectivity index (χ4n) is 1.43. The minimum atomic E-state index is -0.211. The average molecular weight is 222 g/mol. The zero-order valence-electron chi connectivity index (χ0n) is 10.8. The fourth-order valence-corrected chi connectivity index (χ4v) is 1.43. The van der Waals surface area contributed by atoms with Gasteiger partial charge in [0.2, 0.25) is 0 Å². The first-order chi connectivity index (χ1) is 7.48. The second-order valence-corrected chi connectivity index (χ2v) is 4.76. The van der Waals surface area contributed by atoms with E-state index in [1.807, 2.05) is 26.8 Å². The van der Waals surface area contributed by atoms with Crippen molar-refractivity contribution >= 4 is 0 Å². The summed E-state index contributed by atoms with van der Waals surface area (Å²) in [5, 5.41) is 0. The van der Waals surface area contributed by atoms with Crippen molar-refractivity contribution in [2.75, 3.05) is 13.2 Å². The van der Waals surface area contributed by atoms with E-state index in [-0.39, 0.29) is 5.60 Å². The van der Waals surface area contributed by atoms with Crippen LogP contribution in [0.4, 0.5) is 0 Å². The summed E-state index contributed by atoms with van der Waals surface area (Å²) in [7, 11) is 0. The molecule has 0 bridgehead atoms. The van der Waals surface area contributed by atoms with Crippen LogP contribution in [0.5, 0.6) is 0 Å². The molecular weight excluding hydrogens is 200 g/mol. The SMILES string of the molecule is C=C/C(=C\C1=C(C)COC(C)(C)CO1)CC. The molecule has 0 fully saturated rings. The normalized spacial score (nSPS) is 21.4. The van der Waals surface area contributed by atoms with E-state index >= 15 is 0 Å². The average Bonchev–Trinajstić information content (AvgIpc) is 2.37. The van der Waals surface area contributed by atoms with Crippen LogP contribution in [0.25, 0.3) is 0 Å². The highest BCUT2D eigenvalue weighted by molar-refractivity contribution is 5.29. The van der Waals surface area contributed by atoms with Gasteiger partial charge in [0.15, 0.2) is 0 Å². The van der Waals surface area contributed by atoms with Gasteiger partial charge in [0.1, 0.15) is 12.4 Å². The van der Waals surface area contributed by atoms with Crippen LogP contribution in [0.1, 0.15) is 34.1 Å². The van der Waals surface area contributed by atoms with E-state index in [0.29, 0.717) is 13.2 Å². The predicted molar refractivity (Wildman–Crippen MR) is 67.3 cm³/mol. The van der Waals surface area contributed by atoms with E-state index in [0.717, 1.165) is 17.8 Å². The lowest BCUT2D eigenvalue weighted by atomic mass is 10.1. The van der Waals surface area contributed by atoms with Gasteiger partial charge in [0.25, 0.3) is 0 Å². The topological polar surface area (TPSA) is 18.5 Å². The molecule has 0 aromatic heterocycles. The number of hydrogen-bond acceptors (Lipinski definition) is 2. The Kier molecular flexibility index (Phi) is 4.36. The molecular formula is C14H22O2. The maximum atomic E-state index is 5.80. The molecule has 0 radical (unpaired) electrons. The molecule has 0 unspecified atom stereocenters. The standard InChI is InChI=1S/C14H22O2/c1-6-12(7-2)8-13-11(3)9-16-14(4,5)10-15-13/h6,8H,1,7,9-10H2,2-5H3/b12-8+. The minimum absolute atomic E-state index is 0.211. The summed E-state index contributed by atoms with van der Waals surface area (Å²) in [5.74, 6) is 0.933. The Hall–Kier alpha value is -1.02. The fraction of sp³-hybridized carbons (Fsp3) is 0.571. The van der Waals surface area contributed by atoms with Gasteiger partial charge in [-0.2, -0.15) is 0 Å². The molecule has 0 aliphatic carbocycles. The highest BCUT2D eigenvalue weighted by Crippen LogP contribution is 2.22. The van der Waals surface area contributed by atoms with Gasteiger partial charge in [-0.3, -0.25) is 0 Å². The Labute approximate surface area is 98.6 Å². The third kappa shape index (κ3) is 3.53. The van der Waals surface area contributed by atoms with Crippen LogP contribution in [-0.4, -0.2) is 18.8 Å². The molecule has 2 nitrogen and oxygen atoms in total. The van der Waals surface area contributed by atoms with Crippen LogP contribution < -0.4 is 0 Å². The summed E-state index contributed by atoms with van der Waals surface area (Å²) in [6.45, 7) is 13.3. The zero-order chi connectivity index (χ0) is 12.2. The summed E-state index contributed by atoms with van der Waals surface area (Å²) in [6.07, 6.45) is 4.90. The van der Waals surface area contributed by atoms with Crippen molar-refractivity contribution in [1.82, 2.24) is 0 Å². The monoisotopic (exact) mass is 222 g/mol. The van der Waals surface area contributed by atoms with E-state index in [9.17, 15) is 0 Å². The molecule has 0 spiro atoms. The molecule has 1 aliphatic heterocycles. The molecule has 90 valence electrons. The highest BCUT2D eigenvalue weighted by atomic mass is 16.5. The van der Waals surface area contributed by atoms with Gasteiger partial charge in [-0.25, -0.2) is 0 Å². The van der Waals surface area contributed by atoms with Crippen molar-refractivity contribution in [2.24, 2.45) is 0 Å².